The van der Waals surface area contributed by atoms with E-state index in [1.165, 1.54) is 0 Å². The summed E-state index contributed by atoms with van der Waals surface area (Å²) in [6.07, 6.45) is 1.40. The highest BCUT2D eigenvalue weighted by Gasteiger charge is 2.34. The Bertz CT molecular complexity index is 652. The third-order valence-electron chi connectivity index (χ3n) is 4.14. The van der Waals surface area contributed by atoms with Gasteiger partial charge in [0.2, 0.25) is 15.9 Å². The third kappa shape index (κ3) is 4.53. The van der Waals surface area contributed by atoms with Crippen LogP contribution in [0.3, 0.4) is 0 Å². The number of ether oxygens (including phenoxy) is 1. The molecule has 6 nitrogen and oxygen atoms in total. The number of benzene rings is 1. The molecule has 1 heterocycles. The molecule has 0 bridgehead atoms. The van der Waals surface area contributed by atoms with Crippen LogP contribution in [0.15, 0.2) is 29.2 Å². The molecule has 7 heteroatoms. The molecule has 1 amide bonds. The lowest BCUT2D eigenvalue weighted by Gasteiger charge is -2.32. The van der Waals surface area contributed by atoms with Gasteiger partial charge < -0.3 is 10.1 Å². The molecule has 1 aliphatic rings. The predicted octanol–water partition coefficient (Wildman–Crippen LogP) is 1.42. The summed E-state index contributed by atoms with van der Waals surface area (Å²) in [5, 5.41) is 2.91. The van der Waals surface area contributed by atoms with Crippen molar-refractivity contribution in [3.8, 4) is 0 Å². The monoisotopic (exact) mass is 340 g/mol. The van der Waals surface area contributed by atoms with E-state index < -0.39 is 15.4 Å². The van der Waals surface area contributed by atoms with Crippen LogP contribution in [0.5, 0.6) is 0 Å². The largest absolute Gasteiger partial charge is 0.381 e. The van der Waals surface area contributed by atoms with E-state index in [1.807, 2.05) is 6.92 Å². The second-order valence-electron chi connectivity index (χ2n) is 6.00. The minimum Gasteiger partial charge on any atom is -0.381 e. The van der Waals surface area contributed by atoms with Gasteiger partial charge in [0.15, 0.2) is 0 Å². The number of rotatable bonds is 6. The van der Waals surface area contributed by atoms with Gasteiger partial charge >= 0.3 is 0 Å². The molecule has 0 aliphatic carbocycles. The lowest BCUT2D eigenvalue weighted by Crippen LogP contribution is -2.42. The molecule has 0 aromatic heterocycles. The van der Waals surface area contributed by atoms with Crippen molar-refractivity contribution in [1.29, 1.82) is 0 Å². The smallest absolute Gasteiger partial charge is 0.240 e. The Labute approximate surface area is 137 Å². The number of hydrogen-bond acceptors (Lipinski definition) is 4. The summed E-state index contributed by atoms with van der Waals surface area (Å²) in [6, 6.07) is 6.62. The summed E-state index contributed by atoms with van der Waals surface area (Å²) >= 11 is 0. The van der Waals surface area contributed by atoms with Crippen molar-refractivity contribution in [2.45, 2.75) is 38.1 Å². The van der Waals surface area contributed by atoms with Crippen molar-refractivity contribution in [2.24, 2.45) is 5.41 Å². The van der Waals surface area contributed by atoms with Crippen LogP contribution in [0, 0.1) is 5.41 Å². The normalized spacial score (nSPS) is 17.7. The van der Waals surface area contributed by atoms with Crippen LogP contribution in [-0.2, 0) is 26.1 Å². The second-order valence-corrected chi connectivity index (χ2v) is 7.77. The minimum atomic E-state index is -3.48. The molecule has 1 aromatic rings. The van der Waals surface area contributed by atoms with Crippen LogP contribution in [0.4, 0.5) is 0 Å². The van der Waals surface area contributed by atoms with Gasteiger partial charge in [0.05, 0.1) is 10.3 Å². The van der Waals surface area contributed by atoms with Gasteiger partial charge in [-0.2, -0.15) is 0 Å². The molecule has 128 valence electrons. The lowest BCUT2D eigenvalue weighted by atomic mass is 9.81. The Morgan fingerprint density at radius 3 is 2.65 bits per heavy atom. The van der Waals surface area contributed by atoms with Gasteiger partial charge in [-0.15, -0.1) is 0 Å². The highest BCUT2D eigenvalue weighted by atomic mass is 32.2. The van der Waals surface area contributed by atoms with Crippen LogP contribution >= 0.6 is 0 Å². The fraction of sp³-hybridized carbons (Fsp3) is 0.562. The van der Waals surface area contributed by atoms with Gasteiger partial charge in [-0.05, 0) is 30.5 Å². The van der Waals surface area contributed by atoms with E-state index in [1.54, 1.807) is 31.2 Å². The minimum absolute atomic E-state index is 0.0132. The Morgan fingerprint density at radius 1 is 1.30 bits per heavy atom. The van der Waals surface area contributed by atoms with Crippen LogP contribution in [0.2, 0.25) is 0 Å². The van der Waals surface area contributed by atoms with Gasteiger partial charge in [0, 0.05) is 26.3 Å². The van der Waals surface area contributed by atoms with E-state index in [2.05, 4.69) is 10.0 Å². The summed E-state index contributed by atoms with van der Waals surface area (Å²) in [4.78, 5) is 12.6. The first-order chi connectivity index (χ1) is 10.9. The number of amides is 1. The highest BCUT2D eigenvalue weighted by molar-refractivity contribution is 7.89. The van der Waals surface area contributed by atoms with Crippen molar-refractivity contribution in [1.82, 2.24) is 10.0 Å². The van der Waals surface area contributed by atoms with E-state index in [-0.39, 0.29) is 10.8 Å². The molecule has 0 unspecified atom stereocenters. The van der Waals surface area contributed by atoms with Gasteiger partial charge in [-0.25, -0.2) is 13.1 Å². The first-order valence-electron chi connectivity index (χ1n) is 7.82. The fourth-order valence-electron chi connectivity index (χ4n) is 2.54. The van der Waals surface area contributed by atoms with Crippen LogP contribution in [0.25, 0.3) is 0 Å². The highest BCUT2D eigenvalue weighted by Crippen LogP contribution is 2.29. The fourth-order valence-corrected chi connectivity index (χ4v) is 3.65. The molecule has 1 aromatic carbocycles. The van der Waals surface area contributed by atoms with E-state index in [0.717, 1.165) is 5.56 Å². The maximum atomic E-state index is 12.4. The van der Waals surface area contributed by atoms with Crippen molar-refractivity contribution in [3.05, 3.63) is 29.8 Å². The molecule has 1 aliphatic heterocycles. The Morgan fingerprint density at radius 2 is 2.00 bits per heavy atom. The quantitative estimate of drug-likeness (QED) is 0.820. The van der Waals surface area contributed by atoms with Gasteiger partial charge in [0.25, 0.3) is 0 Å². The van der Waals surface area contributed by atoms with Crippen molar-refractivity contribution >= 4 is 15.9 Å². The SMILES string of the molecule is CCNS(=O)(=O)c1cccc(CNC(=O)C2(C)CCOCC2)c1. The molecule has 0 radical (unpaired) electrons. The number of carbonyl (C=O) groups is 1. The number of sulfonamides is 1. The number of nitrogens with one attached hydrogen (secondary N) is 2. The molecule has 23 heavy (non-hydrogen) atoms. The first-order valence-corrected chi connectivity index (χ1v) is 9.30. The summed E-state index contributed by atoms with van der Waals surface area (Å²) in [5.74, 6) is -0.0132. The maximum absolute atomic E-state index is 12.4. The van der Waals surface area contributed by atoms with Crippen molar-refractivity contribution in [2.75, 3.05) is 19.8 Å². The van der Waals surface area contributed by atoms with Crippen molar-refractivity contribution < 1.29 is 17.9 Å². The number of carbonyl (C=O) groups excluding carboxylic acids is 1. The molecule has 0 spiro atoms. The van der Waals surface area contributed by atoms with E-state index in [4.69, 9.17) is 4.74 Å². The maximum Gasteiger partial charge on any atom is 0.240 e. The zero-order valence-electron chi connectivity index (χ0n) is 13.6. The van der Waals surface area contributed by atoms with Gasteiger partial charge in [-0.1, -0.05) is 26.0 Å². The molecule has 0 atom stereocenters. The summed E-state index contributed by atoms with van der Waals surface area (Å²) in [6.45, 7) is 5.52. The second kappa shape index (κ2) is 7.42. The third-order valence-corrected chi connectivity index (χ3v) is 5.68. The zero-order valence-corrected chi connectivity index (χ0v) is 14.4. The Balaban J connectivity index is 2.02. The van der Waals surface area contributed by atoms with Crippen LogP contribution in [0.1, 0.15) is 32.3 Å². The van der Waals surface area contributed by atoms with Crippen LogP contribution in [-0.4, -0.2) is 34.1 Å². The van der Waals surface area contributed by atoms with Crippen LogP contribution < -0.4 is 10.0 Å². The lowest BCUT2D eigenvalue weighted by molar-refractivity contribution is -0.135. The summed E-state index contributed by atoms with van der Waals surface area (Å²) < 4.78 is 31.8. The zero-order chi connectivity index (χ0) is 16.9. The predicted molar refractivity (Wildman–Crippen MR) is 87.3 cm³/mol. The van der Waals surface area contributed by atoms with Crippen molar-refractivity contribution in [3.63, 3.8) is 0 Å². The molecule has 2 rings (SSSR count). The molecule has 1 saturated heterocycles. The summed E-state index contributed by atoms with van der Waals surface area (Å²) in [7, 11) is -3.48. The molecular weight excluding hydrogens is 316 g/mol. The Kier molecular flexibility index (Phi) is 5.78. The van der Waals surface area contributed by atoms with Gasteiger partial charge in [0.1, 0.15) is 0 Å². The van der Waals surface area contributed by atoms with Gasteiger partial charge in [-0.3, -0.25) is 4.79 Å². The number of hydrogen-bond donors (Lipinski definition) is 2. The average Bonchev–Trinajstić information content (AvgIpc) is 2.53. The molecule has 2 N–H and O–H groups in total. The van der Waals surface area contributed by atoms with E-state index >= 15 is 0 Å². The Hall–Kier alpha value is -1.44. The molecule has 0 saturated carbocycles. The topological polar surface area (TPSA) is 84.5 Å². The first kappa shape index (κ1) is 17.9. The van der Waals surface area contributed by atoms with E-state index in [0.29, 0.717) is 39.1 Å². The molecular formula is C16H24N2O4S. The average molecular weight is 340 g/mol. The standard InChI is InChI=1S/C16H24N2O4S/c1-3-18-23(20,21)14-6-4-5-13(11-14)12-17-15(19)16(2)7-9-22-10-8-16/h4-6,11,18H,3,7-10,12H2,1-2H3,(H,17,19). The molecule has 1 fully saturated rings. The van der Waals surface area contributed by atoms with E-state index in [9.17, 15) is 13.2 Å². The summed E-state index contributed by atoms with van der Waals surface area (Å²) in [5.41, 5.74) is 0.346.